The van der Waals surface area contributed by atoms with Crippen LogP contribution in [0.4, 0.5) is 8.78 Å². The molecule has 1 aliphatic heterocycles. The number of alkyl halides is 1. The second-order valence-electron chi connectivity index (χ2n) is 10.0. The maximum atomic E-state index is 15.6. The van der Waals surface area contributed by atoms with Crippen LogP contribution in [-0.2, 0) is 22.7 Å². The molecule has 5 N–H and O–H groups in total. The van der Waals surface area contributed by atoms with Crippen molar-refractivity contribution >= 4 is 17.6 Å². The Bertz CT molecular complexity index is 1330. The molecule has 10 nitrogen and oxygen atoms in total. The average molecular weight is 539 g/mol. The van der Waals surface area contributed by atoms with Gasteiger partial charge in [-0.15, -0.1) is 0 Å². The van der Waals surface area contributed by atoms with Crippen LogP contribution in [0.3, 0.4) is 0 Å². The summed E-state index contributed by atoms with van der Waals surface area (Å²) in [5.74, 6) is -2.41. The third-order valence-corrected chi connectivity index (χ3v) is 7.23. The number of primary amides is 1. The summed E-state index contributed by atoms with van der Waals surface area (Å²) in [4.78, 5) is 25.7. The van der Waals surface area contributed by atoms with Gasteiger partial charge in [0, 0.05) is 55.6 Å². The highest BCUT2D eigenvalue weighted by Crippen LogP contribution is 2.31. The Kier molecular flexibility index (Phi) is 8.40. The van der Waals surface area contributed by atoms with Crippen LogP contribution < -0.4 is 16.4 Å². The number of likely N-dealkylation sites (tertiary alicyclic amines) is 1. The fourth-order valence-electron chi connectivity index (χ4n) is 4.59. The molecule has 2 unspecified atom stereocenters. The Morgan fingerprint density at radius 2 is 2.13 bits per heavy atom. The molecule has 1 saturated heterocycles. The van der Waals surface area contributed by atoms with Gasteiger partial charge in [0.15, 0.2) is 0 Å². The van der Waals surface area contributed by atoms with E-state index in [1.54, 1.807) is 21.7 Å². The molecule has 2 aliphatic rings. The lowest BCUT2D eigenvalue weighted by molar-refractivity contribution is -0.120. The van der Waals surface area contributed by atoms with Crippen molar-refractivity contribution < 1.29 is 18.4 Å². The number of hydrogen-bond donors (Lipinski definition) is 4. The maximum absolute atomic E-state index is 15.6. The van der Waals surface area contributed by atoms with Crippen LogP contribution >= 0.6 is 0 Å². The first-order valence-corrected chi connectivity index (χ1v) is 12.9. The predicted molar refractivity (Wildman–Crippen MR) is 140 cm³/mol. The van der Waals surface area contributed by atoms with E-state index in [4.69, 9.17) is 11.1 Å². The first-order valence-electron chi connectivity index (χ1n) is 12.9. The van der Waals surface area contributed by atoms with E-state index >= 15 is 4.39 Å². The minimum absolute atomic E-state index is 0.0770. The molecule has 2 amide bonds. The van der Waals surface area contributed by atoms with Gasteiger partial charge in [-0.2, -0.15) is 10.4 Å². The zero-order chi connectivity index (χ0) is 28.2. The topological polar surface area (TPSA) is 153 Å². The van der Waals surface area contributed by atoms with Crippen molar-refractivity contribution in [3.05, 3.63) is 53.6 Å². The number of nitrogens with zero attached hydrogens (tertiary/aromatic N) is 4. The molecule has 1 aromatic carbocycles. The maximum Gasteiger partial charge on any atom is 0.253 e. The molecule has 39 heavy (non-hydrogen) atoms. The zero-order valence-corrected chi connectivity index (χ0v) is 21.7. The molecule has 0 bridgehead atoms. The Morgan fingerprint density at radius 3 is 2.72 bits per heavy atom. The first kappa shape index (κ1) is 27.9. The molecular weight excluding hydrogens is 506 g/mol. The highest BCUT2D eigenvalue weighted by molar-refractivity contribution is 6.22. The van der Waals surface area contributed by atoms with Crippen molar-refractivity contribution in [1.29, 1.82) is 10.7 Å². The fraction of sp³-hybridized carbons (Fsp3) is 0.444. The van der Waals surface area contributed by atoms with Gasteiger partial charge < -0.3 is 16.4 Å². The number of carbonyl (C=O) groups excluding carboxylic acids is 2. The predicted octanol–water partition coefficient (Wildman–Crippen LogP) is 2.37. The molecule has 2 atom stereocenters. The van der Waals surface area contributed by atoms with Crippen LogP contribution in [0.5, 0.6) is 0 Å². The number of aromatic nitrogens is 2. The number of halogens is 2. The summed E-state index contributed by atoms with van der Waals surface area (Å²) in [7, 11) is 0. The lowest BCUT2D eigenvalue weighted by Crippen LogP contribution is -2.60. The van der Waals surface area contributed by atoms with Gasteiger partial charge in [-0.1, -0.05) is 12.1 Å². The van der Waals surface area contributed by atoms with Crippen molar-refractivity contribution in [3.8, 4) is 17.3 Å². The molecule has 12 heteroatoms. The van der Waals surface area contributed by atoms with E-state index in [-0.39, 0.29) is 43.3 Å². The molecule has 0 spiro atoms. The van der Waals surface area contributed by atoms with Crippen LogP contribution in [0.2, 0.25) is 0 Å². The second kappa shape index (κ2) is 11.7. The third kappa shape index (κ3) is 6.49. The van der Waals surface area contributed by atoms with Crippen LogP contribution in [0.1, 0.15) is 38.2 Å². The quantitative estimate of drug-likeness (QED) is 0.207. The van der Waals surface area contributed by atoms with E-state index in [0.29, 0.717) is 29.9 Å². The SMILES string of the molecule is CCn1ccc(-c2ccc(CN3CCC(CC#N)(N/C=C(\C(=N)NC(=O)C4CC4)C(N)=O)C(F)C3)c(F)c2)n1. The number of amidine groups is 1. The number of benzene rings is 1. The molecule has 1 aliphatic carbocycles. The van der Waals surface area contributed by atoms with Gasteiger partial charge in [-0.25, -0.2) is 8.78 Å². The third-order valence-electron chi connectivity index (χ3n) is 7.23. The van der Waals surface area contributed by atoms with Crippen molar-refractivity contribution in [1.82, 2.24) is 25.3 Å². The number of piperidine rings is 1. The Labute approximate surface area is 225 Å². The summed E-state index contributed by atoms with van der Waals surface area (Å²) in [6.45, 7) is 3.13. The minimum atomic E-state index is -1.55. The van der Waals surface area contributed by atoms with E-state index in [2.05, 4.69) is 15.7 Å². The van der Waals surface area contributed by atoms with Gasteiger partial charge in [0.25, 0.3) is 5.91 Å². The zero-order valence-electron chi connectivity index (χ0n) is 21.7. The molecule has 206 valence electrons. The average Bonchev–Trinajstić information content (AvgIpc) is 3.64. The number of aryl methyl sites for hydroxylation is 1. The van der Waals surface area contributed by atoms with Crippen molar-refractivity contribution in [2.24, 2.45) is 11.7 Å². The number of nitrogens with two attached hydrogens (primary N) is 1. The Hall–Kier alpha value is -4.11. The van der Waals surface area contributed by atoms with Gasteiger partial charge in [-0.3, -0.25) is 24.6 Å². The summed E-state index contributed by atoms with van der Waals surface area (Å²) in [5, 5.41) is 27.1. The van der Waals surface area contributed by atoms with E-state index in [1.165, 1.54) is 6.07 Å². The number of rotatable bonds is 10. The van der Waals surface area contributed by atoms with E-state index in [9.17, 15) is 19.2 Å². The van der Waals surface area contributed by atoms with Crippen molar-refractivity contribution in [2.75, 3.05) is 13.1 Å². The number of hydrogen-bond acceptors (Lipinski definition) is 7. The number of nitrogens with one attached hydrogen (secondary N) is 3. The number of carbonyl (C=O) groups is 2. The summed E-state index contributed by atoms with van der Waals surface area (Å²) >= 11 is 0. The van der Waals surface area contributed by atoms with Gasteiger partial charge in [0.05, 0.1) is 29.3 Å². The molecule has 0 radical (unpaired) electrons. The van der Waals surface area contributed by atoms with Crippen LogP contribution in [0, 0.1) is 28.5 Å². The number of amides is 2. The summed E-state index contributed by atoms with van der Waals surface area (Å²) in [5.41, 5.74) is 5.48. The lowest BCUT2D eigenvalue weighted by Gasteiger charge is -2.43. The van der Waals surface area contributed by atoms with Gasteiger partial charge in [-0.05, 0) is 38.3 Å². The molecule has 2 aromatic rings. The van der Waals surface area contributed by atoms with Crippen LogP contribution in [-0.4, -0.2) is 57.1 Å². The molecular formula is C27H32F2N8O2. The van der Waals surface area contributed by atoms with Crippen LogP contribution in [0.15, 0.2) is 42.2 Å². The summed E-state index contributed by atoms with van der Waals surface area (Å²) in [6.07, 6.45) is 2.79. The first-order chi connectivity index (χ1) is 18.7. The normalized spacial score (nSPS) is 21.7. The highest BCUT2D eigenvalue weighted by atomic mass is 19.1. The second-order valence-corrected chi connectivity index (χ2v) is 10.0. The number of nitriles is 1. The van der Waals surface area contributed by atoms with Crippen molar-refractivity contribution in [3.63, 3.8) is 0 Å². The molecule has 2 heterocycles. The molecule has 4 rings (SSSR count). The lowest BCUT2D eigenvalue weighted by atomic mass is 9.83. The molecule has 2 fully saturated rings. The largest absolute Gasteiger partial charge is 0.381 e. The van der Waals surface area contributed by atoms with E-state index in [1.807, 2.05) is 25.3 Å². The fourth-order valence-corrected chi connectivity index (χ4v) is 4.59. The summed E-state index contributed by atoms with van der Waals surface area (Å²) in [6, 6.07) is 8.68. The Balaban J connectivity index is 1.43. The smallest absolute Gasteiger partial charge is 0.253 e. The molecule has 1 saturated carbocycles. The van der Waals surface area contributed by atoms with E-state index < -0.39 is 29.3 Å². The van der Waals surface area contributed by atoms with Crippen LogP contribution in [0.25, 0.3) is 11.3 Å². The molecule has 1 aromatic heterocycles. The highest BCUT2D eigenvalue weighted by Gasteiger charge is 2.43. The van der Waals surface area contributed by atoms with Gasteiger partial charge in [0.1, 0.15) is 17.8 Å². The van der Waals surface area contributed by atoms with Gasteiger partial charge >= 0.3 is 0 Å². The standard InChI is InChI=1S/C27H32F2N8O2/c1-2-37-11-7-22(35-37)18-5-6-19(21(28)13-18)15-36-12-9-27(8-10-30,23(29)16-36)33-14-20(25(32)38)24(31)34-26(39)17-3-4-17/h5-7,11,13-14,17,23,33H,2-4,8-9,12,15-16H2,1H3,(H2,32,38)(H2,31,34,39)/b20-14+. The van der Waals surface area contributed by atoms with Gasteiger partial charge in [0.2, 0.25) is 5.91 Å². The van der Waals surface area contributed by atoms with E-state index in [0.717, 1.165) is 19.0 Å². The Morgan fingerprint density at radius 1 is 1.36 bits per heavy atom. The minimum Gasteiger partial charge on any atom is -0.381 e. The monoisotopic (exact) mass is 538 g/mol. The van der Waals surface area contributed by atoms with Crippen molar-refractivity contribution in [2.45, 2.75) is 57.4 Å². The summed E-state index contributed by atoms with van der Waals surface area (Å²) < 4.78 is 32.3.